The van der Waals surface area contributed by atoms with Gasteiger partial charge < -0.3 is 10.1 Å². The first kappa shape index (κ1) is 16.5. The van der Waals surface area contributed by atoms with Crippen LogP contribution in [0.4, 0.5) is 5.69 Å². The van der Waals surface area contributed by atoms with Crippen LogP contribution in [0.25, 0.3) is 10.8 Å². The van der Waals surface area contributed by atoms with Gasteiger partial charge in [-0.05, 0) is 69.9 Å². The molecule has 3 rings (SSSR count). The van der Waals surface area contributed by atoms with Crippen LogP contribution in [0.1, 0.15) is 11.1 Å². The van der Waals surface area contributed by atoms with Gasteiger partial charge in [-0.3, -0.25) is 4.79 Å². The highest BCUT2D eigenvalue weighted by atomic mass is 79.9. The zero-order chi connectivity index (χ0) is 17.1. The lowest BCUT2D eigenvalue weighted by molar-refractivity contribution is -0.118. The van der Waals surface area contributed by atoms with Gasteiger partial charge in [0.1, 0.15) is 5.75 Å². The van der Waals surface area contributed by atoms with Crippen LogP contribution in [-0.4, -0.2) is 12.5 Å². The van der Waals surface area contributed by atoms with E-state index in [9.17, 15) is 4.79 Å². The molecule has 24 heavy (non-hydrogen) atoms. The molecule has 0 fully saturated rings. The average molecular weight is 384 g/mol. The zero-order valence-corrected chi connectivity index (χ0v) is 15.2. The van der Waals surface area contributed by atoms with Gasteiger partial charge in [0.25, 0.3) is 5.91 Å². The van der Waals surface area contributed by atoms with Crippen LogP contribution in [0.5, 0.6) is 5.75 Å². The summed E-state index contributed by atoms with van der Waals surface area (Å²) in [4.78, 5) is 12.2. The van der Waals surface area contributed by atoms with Crippen LogP contribution < -0.4 is 10.1 Å². The molecule has 3 nitrogen and oxygen atoms in total. The number of carbonyl (C=O) groups is 1. The number of anilines is 1. The van der Waals surface area contributed by atoms with Gasteiger partial charge in [-0.2, -0.15) is 0 Å². The first-order chi connectivity index (χ1) is 11.5. The van der Waals surface area contributed by atoms with E-state index < -0.39 is 0 Å². The molecule has 0 unspecified atom stereocenters. The van der Waals surface area contributed by atoms with E-state index in [2.05, 4.69) is 21.2 Å². The number of benzene rings is 3. The van der Waals surface area contributed by atoms with Crippen LogP contribution in [0, 0.1) is 13.8 Å². The van der Waals surface area contributed by atoms with Crippen molar-refractivity contribution in [3.63, 3.8) is 0 Å². The predicted octanol–water partition coefficient (Wildman–Crippen LogP) is 5.24. The maximum absolute atomic E-state index is 12.2. The molecule has 3 aromatic carbocycles. The summed E-state index contributed by atoms with van der Waals surface area (Å²) in [7, 11) is 0. The number of fused-ring (bicyclic) bond motifs is 1. The summed E-state index contributed by atoms with van der Waals surface area (Å²) >= 11 is 3.49. The quantitative estimate of drug-likeness (QED) is 0.668. The molecule has 4 heteroatoms. The summed E-state index contributed by atoms with van der Waals surface area (Å²) in [6, 6.07) is 17.9. The summed E-state index contributed by atoms with van der Waals surface area (Å²) in [6.45, 7) is 3.96. The van der Waals surface area contributed by atoms with Crippen molar-refractivity contribution in [1.82, 2.24) is 0 Å². The molecule has 0 heterocycles. The zero-order valence-electron chi connectivity index (χ0n) is 13.6. The highest BCUT2D eigenvalue weighted by Crippen LogP contribution is 2.30. The summed E-state index contributed by atoms with van der Waals surface area (Å²) < 4.78 is 6.54. The maximum atomic E-state index is 12.2. The molecule has 0 aliphatic heterocycles. The Bertz CT molecular complexity index is 882. The van der Waals surface area contributed by atoms with E-state index in [1.807, 2.05) is 68.4 Å². The largest absolute Gasteiger partial charge is 0.482 e. The van der Waals surface area contributed by atoms with Crippen LogP contribution in [0.15, 0.2) is 59.1 Å². The second kappa shape index (κ2) is 7.05. The van der Waals surface area contributed by atoms with Crippen molar-refractivity contribution in [2.45, 2.75) is 13.8 Å². The minimum absolute atomic E-state index is 0.0324. The smallest absolute Gasteiger partial charge is 0.262 e. The Balaban J connectivity index is 1.67. The monoisotopic (exact) mass is 383 g/mol. The minimum atomic E-state index is -0.183. The number of halogens is 1. The standard InChI is InChI=1S/C20H18BrNO2/c1-13-9-14(2)20(18(21)10-13)24-12-19(23)22-17-8-7-15-5-3-4-6-16(15)11-17/h3-11H,12H2,1-2H3,(H,22,23). The summed E-state index contributed by atoms with van der Waals surface area (Å²) in [5, 5.41) is 5.11. The van der Waals surface area contributed by atoms with Crippen LogP contribution in [-0.2, 0) is 4.79 Å². The molecule has 0 aromatic heterocycles. The number of aryl methyl sites for hydroxylation is 2. The number of amides is 1. The SMILES string of the molecule is Cc1cc(C)c(OCC(=O)Nc2ccc3ccccc3c2)c(Br)c1. The molecule has 0 aliphatic rings. The number of hydrogen-bond donors (Lipinski definition) is 1. The minimum Gasteiger partial charge on any atom is -0.482 e. The Morgan fingerprint density at radius 1 is 1.04 bits per heavy atom. The normalized spacial score (nSPS) is 10.6. The van der Waals surface area contributed by atoms with Crippen LogP contribution in [0.2, 0.25) is 0 Å². The van der Waals surface area contributed by atoms with Gasteiger partial charge in [0.05, 0.1) is 4.47 Å². The van der Waals surface area contributed by atoms with Crippen molar-refractivity contribution >= 4 is 38.3 Å². The van der Waals surface area contributed by atoms with Crippen LogP contribution >= 0.6 is 15.9 Å². The maximum Gasteiger partial charge on any atom is 0.262 e. The molecule has 3 aromatic rings. The van der Waals surface area contributed by atoms with E-state index in [1.165, 1.54) is 0 Å². The first-order valence-electron chi connectivity index (χ1n) is 7.71. The lowest BCUT2D eigenvalue weighted by atomic mass is 10.1. The third-order valence-electron chi connectivity index (χ3n) is 3.75. The first-order valence-corrected chi connectivity index (χ1v) is 8.50. The fourth-order valence-corrected chi connectivity index (χ4v) is 3.48. The molecule has 0 aliphatic carbocycles. The lowest BCUT2D eigenvalue weighted by Crippen LogP contribution is -2.20. The van der Waals surface area contributed by atoms with Crippen molar-refractivity contribution in [2.75, 3.05) is 11.9 Å². The van der Waals surface area contributed by atoms with Crippen molar-refractivity contribution in [3.8, 4) is 5.75 Å². The van der Waals surface area contributed by atoms with Gasteiger partial charge in [0.2, 0.25) is 0 Å². The van der Waals surface area contributed by atoms with E-state index in [1.54, 1.807) is 0 Å². The fourth-order valence-electron chi connectivity index (χ4n) is 2.69. The third-order valence-corrected chi connectivity index (χ3v) is 4.34. The highest BCUT2D eigenvalue weighted by molar-refractivity contribution is 9.10. The van der Waals surface area contributed by atoms with Crippen LogP contribution in [0.3, 0.4) is 0 Å². The molecule has 0 saturated carbocycles. The van der Waals surface area contributed by atoms with Crippen molar-refractivity contribution < 1.29 is 9.53 Å². The molecule has 0 atom stereocenters. The third kappa shape index (κ3) is 3.77. The molecule has 0 saturated heterocycles. The lowest BCUT2D eigenvalue weighted by Gasteiger charge is -2.12. The molecule has 0 radical (unpaired) electrons. The summed E-state index contributed by atoms with van der Waals surface area (Å²) in [5.74, 6) is 0.520. The molecular formula is C20H18BrNO2. The highest BCUT2D eigenvalue weighted by Gasteiger charge is 2.09. The second-order valence-electron chi connectivity index (χ2n) is 5.79. The van der Waals surface area contributed by atoms with Crippen molar-refractivity contribution in [3.05, 3.63) is 70.2 Å². The van der Waals surface area contributed by atoms with Gasteiger partial charge >= 0.3 is 0 Å². The second-order valence-corrected chi connectivity index (χ2v) is 6.65. The van der Waals surface area contributed by atoms with E-state index in [4.69, 9.17) is 4.74 Å². The predicted molar refractivity (Wildman–Crippen MR) is 102 cm³/mol. The Hall–Kier alpha value is -2.33. The average Bonchev–Trinajstić information content (AvgIpc) is 2.53. The fraction of sp³-hybridized carbons (Fsp3) is 0.150. The summed E-state index contributed by atoms with van der Waals surface area (Å²) in [5.41, 5.74) is 2.91. The van der Waals surface area contributed by atoms with E-state index in [-0.39, 0.29) is 12.5 Å². The number of hydrogen-bond acceptors (Lipinski definition) is 2. The van der Waals surface area contributed by atoms with Gasteiger partial charge in [0.15, 0.2) is 6.61 Å². The Labute approximate surface area is 149 Å². The molecule has 0 spiro atoms. The Morgan fingerprint density at radius 2 is 1.79 bits per heavy atom. The Kier molecular flexibility index (Phi) is 4.86. The van der Waals surface area contributed by atoms with E-state index in [0.717, 1.165) is 32.1 Å². The number of rotatable bonds is 4. The number of ether oxygens (including phenoxy) is 1. The van der Waals surface area contributed by atoms with E-state index >= 15 is 0 Å². The molecular weight excluding hydrogens is 366 g/mol. The Morgan fingerprint density at radius 3 is 2.54 bits per heavy atom. The summed E-state index contributed by atoms with van der Waals surface area (Å²) in [6.07, 6.45) is 0. The number of nitrogens with one attached hydrogen (secondary N) is 1. The topological polar surface area (TPSA) is 38.3 Å². The van der Waals surface area contributed by atoms with Gasteiger partial charge in [-0.25, -0.2) is 0 Å². The van der Waals surface area contributed by atoms with E-state index in [0.29, 0.717) is 5.75 Å². The van der Waals surface area contributed by atoms with Crippen molar-refractivity contribution in [1.29, 1.82) is 0 Å². The van der Waals surface area contributed by atoms with Gasteiger partial charge in [-0.1, -0.05) is 36.4 Å². The molecule has 122 valence electrons. The number of carbonyl (C=O) groups excluding carboxylic acids is 1. The van der Waals surface area contributed by atoms with Gasteiger partial charge in [-0.15, -0.1) is 0 Å². The molecule has 0 bridgehead atoms. The van der Waals surface area contributed by atoms with Gasteiger partial charge in [0, 0.05) is 5.69 Å². The molecule has 1 N–H and O–H groups in total. The molecule has 1 amide bonds. The van der Waals surface area contributed by atoms with Crippen molar-refractivity contribution in [2.24, 2.45) is 0 Å².